The highest BCUT2D eigenvalue weighted by Gasteiger charge is 2.22. The van der Waals surface area contributed by atoms with Gasteiger partial charge < -0.3 is 0 Å². The van der Waals surface area contributed by atoms with E-state index in [4.69, 9.17) is 11.6 Å². The van der Waals surface area contributed by atoms with Crippen molar-refractivity contribution in [2.45, 2.75) is 26.2 Å². The first-order chi connectivity index (χ1) is 7.68. The highest BCUT2D eigenvalue weighted by molar-refractivity contribution is 6.31. The van der Waals surface area contributed by atoms with E-state index in [1.165, 1.54) is 5.56 Å². The topological polar surface area (TPSA) is 22.0 Å². The molecule has 16 heavy (non-hydrogen) atoms. The number of benzene rings is 1. The number of fused-ring (bicyclic) bond motifs is 3. The minimum Gasteiger partial charge on any atom is -0.284 e. The third kappa shape index (κ3) is 1.23. The normalized spacial score (nSPS) is 15.5. The molecule has 2 aromatic rings. The van der Waals surface area contributed by atoms with Crippen LogP contribution in [0.5, 0.6) is 0 Å². The Balaban J connectivity index is 2.44. The Morgan fingerprint density at radius 3 is 2.94 bits per heavy atom. The Morgan fingerprint density at radius 2 is 2.12 bits per heavy atom. The predicted octanol–water partition coefficient (Wildman–Crippen LogP) is 3.58. The zero-order valence-electron chi connectivity index (χ0n) is 9.09. The fourth-order valence-electron chi connectivity index (χ4n) is 2.58. The van der Waals surface area contributed by atoms with E-state index >= 15 is 0 Å². The number of aryl methyl sites for hydroxylation is 1. The van der Waals surface area contributed by atoms with Gasteiger partial charge in [0, 0.05) is 22.5 Å². The van der Waals surface area contributed by atoms with Crippen LogP contribution < -0.4 is 0 Å². The smallest absolute Gasteiger partial charge is 0.231 e. The van der Waals surface area contributed by atoms with Crippen LogP contribution in [0, 0.1) is 6.92 Å². The molecule has 2 nitrogen and oxygen atoms in total. The van der Waals surface area contributed by atoms with Gasteiger partial charge in [0.05, 0.1) is 5.52 Å². The van der Waals surface area contributed by atoms with Gasteiger partial charge in [-0.2, -0.15) is 0 Å². The second kappa shape index (κ2) is 3.36. The number of nitrogens with zero attached hydrogens (tertiary/aromatic N) is 1. The SMILES string of the molecule is Cc1c2n(c3ccc(Cl)cc13)C(=O)CCC2. The summed E-state index contributed by atoms with van der Waals surface area (Å²) in [6.07, 6.45) is 2.60. The molecule has 0 saturated carbocycles. The van der Waals surface area contributed by atoms with Gasteiger partial charge in [-0.3, -0.25) is 9.36 Å². The van der Waals surface area contributed by atoms with E-state index in [2.05, 4.69) is 6.92 Å². The van der Waals surface area contributed by atoms with Crippen molar-refractivity contribution >= 4 is 28.4 Å². The van der Waals surface area contributed by atoms with Crippen LogP contribution in [0.1, 0.15) is 28.9 Å². The van der Waals surface area contributed by atoms with Crippen LogP contribution in [0.4, 0.5) is 0 Å². The number of rotatable bonds is 0. The Morgan fingerprint density at radius 1 is 1.31 bits per heavy atom. The largest absolute Gasteiger partial charge is 0.284 e. The van der Waals surface area contributed by atoms with Crippen molar-refractivity contribution < 1.29 is 4.79 Å². The first-order valence-corrected chi connectivity index (χ1v) is 5.89. The summed E-state index contributed by atoms with van der Waals surface area (Å²) in [4.78, 5) is 11.9. The predicted molar refractivity (Wildman–Crippen MR) is 65.2 cm³/mol. The van der Waals surface area contributed by atoms with Crippen molar-refractivity contribution in [3.63, 3.8) is 0 Å². The van der Waals surface area contributed by atoms with E-state index in [1.807, 2.05) is 22.8 Å². The van der Waals surface area contributed by atoms with Crippen LogP contribution >= 0.6 is 11.6 Å². The van der Waals surface area contributed by atoms with E-state index < -0.39 is 0 Å². The third-order valence-electron chi connectivity index (χ3n) is 3.36. The number of carbonyl (C=O) groups excluding carboxylic acids is 1. The Hall–Kier alpha value is -1.28. The molecule has 0 spiro atoms. The van der Waals surface area contributed by atoms with E-state index in [0.29, 0.717) is 6.42 Å². The zero-order chi connectivity index (χ0) is 11.3. The minimum atomic E-state index is 0.210. The van der Waals surface area contributed by atoms with E-state index in [1.54, 1.807) is 0 Å². The molecule has 2 heterocycles. The van der Waals surface area contributed by atoms with E-state index in [0.717, 1.165) is 34.5 Å². The lowest BCUT2D eigenvalue weighted by Crippen LogP contribution is -2.18. The molecule has 0 unspecified atom stereocenters. The molecular weight excluding hydrogens is 222 g/mol. The van der Waals surface area contributed by atoms with Gasteiger partial charge >= 0.3 is 0 Å². The summed E-state index contributed by atoms with van der Waals surface area (Å²) in [6, 6.07) is 5.74. The van der Waals surface area contributed by atoms with Crippen molar-refractivity contribution in [3.05, 3.63) is 34.5 Å². The molecule has 0 radical (unpaired) electrons. The Labute approximate surface area is 98.8 Å². The summed E-state index contributed by atoms with van der Waals surface area (Å²) in [5, 5.41) is 1.84. The van der Waals surface area contributed by atoms with Gasteiger partial charge in [-0.05, 0) is 43.5 Å². The second-order valence-corrected chi connectivity index (χ2v) is 4.75. The summed E-state index contributed by atoms with van der Waals surface area (Å²) < 4.78 is 1.87. The van der Waals surface area contributed by atoms with Crippen LogP contribution in [0.3, 0.4) is 0 Å². The Bertz CT molecular complexity index is 597. The highest BCUT2D eigenvalue weighted by atomic mass is 35.5. The molecule has 0 aliphatic carbocycles. The third-order valence-corrected chi connectivity index (χ3v) is 3.60. The molecule has 3 rings (SSSR count). The van der Waals surface area contributed by atoms with Crippen molar-refractivity contribution in [3.8, 4) is 0 Å². The van der Waals surface area contributed by atoms with Gasteiger partial charge in [-0.1, -0.05) is 11.6 Å². The standard InChI is InChI=1S/C13H12ClNO/c1-8-10-7-9(14)5-6-12(10)15-11(8)3-2-4-13(15)16/h5-7H,2-4H2,1H3. The second-order valence-electron chi connectivity index (χ2n) is 4.32. The van der Waals surface area contributed by atoms with Crippen LogP contribution in [0.15, 0.2) is 18.2 Å². The lowest BCUT2D eigenvalue weighted by molar-refractivity contribution is 0.0889. The van der Waals surface area contributed by atoms with Crippen molar-refractivity contribution in [2.75, 3.05) is 0 Å². The summed E-state index contributed by atoms with van der Waals surface area (Å²) in [6.45, 7) is 2.07. The molecule has 0 atom stereocenters. The zero-order valence-corrected chi connectivity index (χ0v) is 9.84. The minimum absolute atomic E-state index is 0.210. The first kappa shape index (κ1) is 9.91. The summed E-state index contributed by atoms with van der Waals surface area (Å²) in [5.74, 6) is 0.210. The molecule has 1 aliphatic rings. The monoisotopic (exact) mass is 233 g/mol. The summed E-state index contributed by atoms with van der Waals surface area (Å²) >= 11 is 6.00. The van der Waals surface area contributed by atoms with Crippen molar-refractivity contribution in [1.29, 1.82) is 0 Å². The number of carbonyl (C=O) groups is 1. The maximum atomic E-state index is 11.9. The maximum Gasteiger partial charge on any atom is 0.231 e. The van der Waals surface area contributed by atoms with Gasteiger partial charge in [0.25, 0.3) is 0 Å². The molecule has 1 aromatic heterocycles. The number of aromatic nitrogens is 1. The molecule has 0 fully saturated rings. The Kier molecular flexibility index (Phi) is 2.08. The summed E-state index contributed by atoms with van der Waals surface area (Å²) in [5.41, 5.74) is 3.36. The molecule has 3 heteroatoms. The maximum absolute atomic E-state index is 11.9. The van der Waals surface area contributed by atoms with Crippen LogP contribution in [-0.4, -0.2) is 10.5 Å². The van der Waals surface area contributed by atoms with Crippen LogP contribution in [0.2, 0.25) is 5.02 Å². The van der Waals surface area contributed by atoms with Gasteiger partial charge in [-0.25, -0.2) is 0 Å². The molecule has 0 amide bonds. The molecular formula is C13H12ClNO. The number of halogens is 1. The van der Waals surface area contributed by atoms with Crippen molar-refractivity contribution in [1.82, 2.24) is 4.57 Å². The van der Waals surface area contributed by atoms with Gasteiger partial charge in [0.1, 0.15) is 0 Å². The number of hydrogen-bond acceptors (Lipinski definition) is 1. The highest BCUT2D eigenvalue weighted by Crippen LogP contribution is 2.31. The average Bonchev–Trinajstić information content (AvgIpc) is 2.55. The molecule has 82 valence electrons. The van der Waals surface area contributed by atoms with Crippen molar-refractivity contribution in [2.24, 2.45) is 0 Å². The first-order valence-electron chi connectivity index (χ1n) is 5.51. The molecule has 0 bridgehead atoms. The summed E-state index contributed by atoms with van der Waals surface area (Å²) in [7, 11) is 0. The van der Waals surface area contributed by atoms with Gasteiger partial charge in [0.15, 0.2) is 0 Å². The average molecular weight is 234 g/mol. The van der Waals surface area contributed by atoms with Gasteiger partial charge in [-0.15, -0.1) is 0 Å². The number of hydrogen-bond donors (Lipinski definition) is 0. The molecule has 1 aliphatic heterocycles. The van der Waals surface area contributed by atoms with E-state index in [9.17, 15) is 4.79 Å². The van der Waals surface area contributed by atoms with Crippen LogP contribution in [0.25, 0.3) is 10.9 Å². The molecule has 0 N–H and O–H groups in total. The lowest BCUT2D eigenvalue weighted by Gasteiger charge is -2.14. The lowest BCUT2D eigenvalue weighted by atomic mass is 10.1. The quantitative estimate of drug-likeness (QED) is 0.682. The van der Waals surface area contributed by atoms with E-state index in [-0.39, 0.29) is 5.91 Å². The fourth-order valence-corrected chi connectivity index (χ4v) is 2.75. The van der Waals surface area contributed by atoms with Gasteiger partial charge in [0.2, 0.25) is 5.91 Å². The fraction of sp³-hybridized carbons (Fsp3) is 0.308. The molecule has 0 saturated heterocycles. The molecule has 1 aromatic carbocycles. The van der Waals surface area contributed by atoms with Crippen LogP contribution in [-0.2, 0) is 6.42 Å².